The first-order valence-electron chi connectivity index (χ1n) is 5.67. The smallest absolute Gasteiger partial charge is 0.323 e. The van der Waals surface area contributed by atoms with Gasteiger partial charge in [0.05, 0.1) is 19.2 Å². The van der Waals surface area contributed by atoms with Crippen LogP contribution in [-0.4, -0.2) is 42.1 Å². The van der Waals surface area contributed by atoms with E-state index in [0.717, 1.165) is 0 Å². The highest BCUT2D eigenvalue weighted by molar-refractivity contribution is 7.13. The molecule has 1 rings (SSSR count). The molecule has 0 aromatic carbocycles. The molecule has 100 valence electrons. The standard InChI is InChI=1S/C11H17N3O3S/c1-4-14(5-2)11(16)13-10-12-8(7-18-10)6-9(15)17-3/h7H,4-6H2,1-3H3,(H,12,13,16). The van der Waals surface area contributed by atoms with E-state index in [9.17, 15) is 9.59 Å². The van der Waals surface area contributed by atoms with E-state index in [-0.39, 0.29) is 18.4 Å². The minimum atomic E-state index is -0.345. The summed E-state index contributed by atoms with van der Waals surface area (Å²) in [5.41, 5.74) is 0.599. The van der Waals surface area contributed by atoms with Crippen molar-refractivity contribution in [3.8, 4) is 0 Å². The van der Waals surface area contributed by atoms with E-state index >= 15 is 0 Å². The van der Waals surface area contributed by atoms with Crippen molar-refractivity contribution in [2.75, 3.05) is 25.5 Å². The summed E-state index contributed by atoms with van der Waals surface area (Å²) in [4.78, 5) is 28.6. The summed E-state index contributed by atoms with van der Waals surface area (Å²) < 4.78 is 4.55. The topological polar surface area (TPSA) is 71.5 Å². The van der Waals surface area contributed by atoms with E-state index in [1.165, 1.54) is 18.4 Å². The van der Waals surface area contributed by atoms with Gasteiger partial charge in [0.2, 0.25) is 0 Å². The van der Waals surface area contributed by atoms with Gasteiger partial charge in [-0.1, -0.05) is 0 Å². The first kappa shape index (κ1) is 14.4. The van der Waals surface area contributed by atoms with Crippen molar-refractivity contribution in [2.45, 2.75) is 20.3 Å². The highest BCUT2D eigenvalue weighted by Gasteiger charge is 2.12. The second-order valence-electron chi connectivity index (χ2n) is 3.50. The van der Waals surface area contributed by atoms with Gasteiger partial charge in [-0.3, -0.25) is 10.1 Å². The van der Waals surface area contributed by atoms with Crippen molar-refractivity contribution >= 4 is 28.5 Å². The quantitative estimate of drug-likeness (QED) is 0.828. The highest BCUT2D eigenvalue weighted by atomic mass is 32.1. The highest BCUT2D eigenvalue weighted by Crippen LogP contribution is 2.16. The molecule has 6 nitrogen and oxygen atoms in total. The molecule has 0 fully saturated rings. The van der Waals surface area contributed by atoms with Crippen LogP contribution in [0.5, 0.6) is 0 Å². The van der Waals surface area contributed by atoms with E-state index in [4.69, 9.17) is 0 Å². The molecule has 0 saturated carbocycles. The van der Waals surface area contributed by atoms with Gasteiger partial charge in [0.15, 0.2) is 5.13 Å². The fourth-order valence-electron chi connectivity index (χ4n) is 1.35. The predicted octanol–water partition coefficient (Wildman–Crippen LogP) is 1.73. The first-order chi connectivity index (χ1) is 8.60. The fraction of sp³-hybridized carbons (Fsp3) is 0.545. The maximum Gasteiger partial charge on any atom is 0.323 e. The summed E-state index contributed by atoms with van der Waals surface area (Å²) in [6.45, 7) is 5.10. The Morgan fingerprint density at radius 2 is 2.11 bits per heavy atom. The number of thiazole rings is 1. The van der Waals surface area contributed by atoms with Crippen LogP contribution in [0, 0.1) is 0 Å². The molecule has 0 saturated heterocycles. The van der Waals surface area contributed by atoms with Gasteiger partial charge in [0, 0.05) is 18.5 Å². The van der Waals surface area contributed by atoms with E-state index in [2.05, 4.69) is 15.0 Å². The molecule has 1 aromatic rings. The molecular formula is C11H17N3O3S. The molecule has 1 heterocycles. The Hall–Kier alpha value is -1.63. The van der Waals surface area contributed by atoms with Gasteiger partial charge in [-0.15, -0.1) is 11.3 Å². The number of carbonyl (C=O) groups is 2. The maximum absolute atomic E-state index is 11.8. The monoisotopic (exact) mass is 271 g/mol. The average Bonchev–Trinajstić information content (AvgIpc) is 2.77. The SMILES string of the molecule is CCN(CC)C(=O)Nc1nc(CC(=O)OC)cs1. The summed E-state index contributed by atoms with van der Waals surface area (Å²) in [5.74, 6) is -0.345. The summed E-state index contributed by atoms with van der Waals surface area (Å²) >= 11 is 1.29. The van der Waals surface area contributed by atoms with Crippen LogP contribution in [-0.2, 0) is 16.0 Å². The number of anilines is 1. The average molecular weight is 271 g/mol. The van der Waals surface area contributed by atoms with E-state index in [1.807, 2.05) is 13.8 Å². The van der Waals surface area contributed by atoms with Crippen LogP contribution in [0.1, 0.15) is 19.5 Å². The summed E-state index contributed by atoms with van der Waals surface area (Å²) in [7, 11) is 1.33. The molecule has 0 aliphatic carbocycles. The van der Waals surface area contributed by atoms with E-state index < -0.39 is 0 Å². The zero-order valence-corrected chi connectivity index (χ0v) is 11.5. The van der Waals surface area contributed by atoms with Crippen molar-refractivity contribution in [3.05, 3.63) is 11.1 Å². The predicted molar refractivity (Wildman–Crippen MR) is 69.8 cm³/mol. The Morgan fingerprint density at radius 1 is 1.44 bits per heavy atom. The van der Waals surface area contributed by atoms with Crippen LogP contribution in [0.2, 0.25) is 0 Å². The maximum atomic E-state index is 11.8. The third-order valence-electron chi connectivity index (χ3n) is 2.37. The summed E-state index contributed by atoms with van der Waals surface area (Å²) in [5, 5.41) is 4.92. The van der Waals surface area contributed by atoms with Crippen LogP contribution >= 0.6 is 11.3 Å². The molecule has 0 aliphatic heterocycles. The molecule has 2 amide bonds. The molecule has 7 heteroatoms. The molecule has 18 heavy (non-hydrogen) atoms. The molecule has 0 bridgehead atoms. The normalized spacial score (nSPS) is 9.94. The minimum absolute atomic E-state index is 0.119. The van der Waals surface area contributed by atoms with Crippen molar-refractivity contribution < 1.29 is 14.3 Å². The van der Waals surface area contributed by atoms with Gasteiger partial charge < -0.3 is 9.64 Å². The van der Waals surface area contributed by atoms with Crippen molar-refractivity contribution in [1.82, 2.24) is 9.88 Å². The van der Waals surface area contributed by atoms with Crippen LogP contribution in [0.15, 0.2) is 5.38 Å². The van der Waals surface area contributed by atoms with Crippen LogP contribution < -0.4 is 5.32 Å². The number of amides is 2. The number of nitrogens with one attached hydrogen (secondary N) is 1. The largest absolute Gasteiger partial charge is 0.469 e. The van der Waals surface area contributed by atoms with Crippen LogP contribution in [0.25, 0.3) is 0 Å². The third-order valence-corrected chi connectivity index (χ3v) is 3.18. The minimum Gasteiger partial charge on any atom is -0.469 e. The van der Waals surface area contributed by atoms with Crippen LogP contribution in [0.4, 0.5) is 9.93 Å². The number of urea groups is 1. The lowest BCUT2D eigenvalue weighted by Gasteiger charge is -2.17. The summed E-state index contributed by atoms with van der Waals surface area (Å²) in [6, 6.07) is -0.182. The number of ether oxygens (including phenoxy) is 1. The van der Waals surface area contributed by atoms with Gasteiger partial charge >= 0.3 is 12.0 Å². The number of carbonyl (C=O) groups excluding carboxylic acids is 2. The molecule has 0 radical (unpaired) electrons. The van der Waals surface area contributed by atoms with Gasteiger partial charge in [-0.2, -0.15) is 0 Å². The number of hydrogen-bond acceptors (Lipinski definition) is 5. The van der Waals surface area contributed by atoms with Crippen molar-refractivity contribution in [3.63, 3.8) is 0 Å². The Balaban J connectivity index is 2.58. The molecule has 0 spiro atoms. The Bertz CT molecular complexity index is 415. The Kier molecular flexibility index (Phi) is 5.57. The van der Waals surface area contributed by atoms with Crippen molar-refractivity contribution in [2.24, 2.45) is 0 Å². The zero-order valence-electron chi connectivity index (χ0n) is 10.7. The molecule has 1 aromatic heterocycles. The number of methoxy groups -OCH3 is 1. The molecular weight excluding hydrogens is 254 g/mol. The number of esters is 1. The second kappa shape index (κ2) is 6.95. The van der Waals surface area contributed by atoms with Crippen molar-refractivity contribution in [1.29, 1.82) is 0 Å². The second-order valence-corrected chi connectivity index (χ2v) is 4.36. The van der Waals surface area contributed by atoms with Gasteiger partial charge in [0.1, 0.15) is 0 Å². The number of hydrogen-bond donors (Lipinski definition) is 1. The lowest BCUT2D eigenvalue weighted by atomic mass is 10.3. The first-order valence-corrected chi connectivity index (χ1v) is 6.55. The van der Waals surface area contributed by atoms with Gasteiger partial charge in [-0.25, -0.2) is 9.78 Å². The van der Waals surface area contributed by atoms with E-state index in [0.29, 0.717) is 23.9 Å². The number of nitrogens with zero attached hydrogens (tertiary/aromatic N) is 2. The van der Waals surface area contributed by atoms with Gasteiger partial charge in [0.25, 0.3) is 0 Å². The number of rotatable bonds is 5. The molecule has 0 unspecified atom stereocenters. The lowest BCUT2D eigenvalue weighted by Crippen LogP contribution is -2.34. The Labute approximate surface area is 110 Å². The zero-order chi connectivity index (χ0) is 13.5. The fourth-order valence-corrected chi connectivity index (χ4v) is 2.05. The van der Waals surface area contributed by atoms with Gasteiger partial charge in [-0.05, 0) is 13.8 Å². The molecule has 0 atom stereocenters. The Morgan fingerprint density at radius 3 is 2.67 bits per heavy atom. The molecule has 0 aliphatic rings. The third kappa shape index (κ3) is 3.99. The van der Waals surface area contributed by atoms with E-state index in [1.54, 1.807) is 10.3 Å². The molecule has 1 N–H and O–H groups in total. The summed E-state index contributed by atoms with van der Waals surface area (Å²) in [6.07, 6.45) is 0.119. The number of aromatic nitrogens is 1. The van der Waals surface area contributed by atoms with Crippen LogP contribution in [0.3, 0.4) is 0 Å². The lowest BCUT2D eigenvalue weighted by molar-refractivity contribution is -0.139.